The van der Waals surface area contributed by atoms with Crippen LogP contribution in [0.3, 0.4) is 0 Å². The van der Waals surface area contributed by atoms with Crippen molar-refractivity contribution in [1.82, 2.24) is 19.9 Å². The van der Waals surface area contributed by atoms with Gasteiger partial charge in [-0.15, -0.1) is 0 Å². The van der Waals surface area contributed by atoms with Gasteiger partial charge < -0.3 is 9.97 Å². The van der Waals surface area contributed by atoms with Gasteiger partial charge in [0.05, 0.1) is 17.3 Å². The third-order valence-corrected chi connectivity index (χ3v) is 4.04. The number of hydrogen-bond acceptors (Lipinski definition) is 2. The highest BCUT2D eigenvalue weighted by Gasteiger charge is 2.25. The molecule has 1 aromatic carbocycles. The molecule has 22 heavy (non-hydrogen) atoms. The number of aryl methyl sites for hydroxylation is 5. The van der Waals surface area contributed by atoms with Crippen molar-refractivity contribution in [3.8, 4) is 0 Å². The Bertz CT molecular complexity index is 747. The maximum Gasteiger partial charge on any atom is 0.103 e. The second-order valence-electron chi connectivity index (χ2n) is 6.01. The molecular weight excluding hydrogens is 272 g/mol. The van der Waals surface area contributed by atoms with Crippen LogP contribution in [0.4, 0.5) is 0 Å². The first kappa shape index (κ1) is 14.6. The number of rotatable bonds is 3. The molecule has 4 heteroatoms. The number of aromatic nitrogens is 4. The fourth-order valence-corrected chi connectivity index (χ4v) is 3.02. The van der Waals surface area contributed by atoms with Crippen molar-refractivity contribution in [3.63, 3.8) is 0 Å². The SMILES string of the molecule is Cc1ccc(C(c2nc(C)[nH]c2C)c2nc(C)[nH]c2C)cc1. The smallest absolute Gasteiger partial charge is 0.103 e. The Balaban J connectivity index is 2.20. The molecule has 2 N–H and O–H groups in total. The highest BCUT2D eigenvalue weighted by molar-refractivity contribution is 5.42. The quantitative estimate of drug-likeness (QED) is 0.770. The summed E-state index contributed by atoms with van der Waals surface area (Å²) >= 11 is 0. The number of aromatic amines is 2. The van der Waals surface area contributed by atoms with Crippen LogP contribution in [0.25, 0.3) is 0 Å². The van der Waals surface area contributed by atoms with E-state index in [4.69, 9.17) is 9.97 Å². The Labute approximate surface area is 131 Å². The predicted molar refractivity (Wildman–Crippen MR) is 88.2 cm³/mol. The zero-order chi connectivity index (χ0) is 15.9. The zero-order valence-electron chi connectivity index (χ0n) is 13.8. The van der Waals surface area contributed by atoms with Gasteiger partial charge in [0.25, 0.3) is 0 Å². The zero-order valence-corrected chi connectivity index (χ0v) is 13.8. The fraction of sp³-hybridized carbons (Fsp3) is 0.333. The number of H-pyrrole nitrogens is 2. The number of hydrogen-bond donors (Lipinski definition) is 2. The van der Waals surface area contributed by atoms with Gasteiger partial charge in [0.1, 0.15) is 11.6 Å². The lowest BCUT2D eigenvalue weighted by Gasteiger charge is -2.16. The topological polar surface area (TPSA) is 57.4 Å². The van der Waals surface area contributed by atoms with E-state index in [1.807, 2.05) is 13.8 Å². The molecule has 0 bridgehead atoms. The maximum absolute atomic E-state index is 4.73. The molecule has 0 spiro atoms. The van der Waals surface area contributed by atoms with Crippen LogP contribution in [0.2, 0.25) is 0 Å². The van der Waals surface area contributed by atoms with Crippen LogP contribution in [-0.4, -0.2) is 19.9 Å². The van der Waals surface area contributed by atoms with E-state index in [-0.39, 0.29) is 5.92 Å². The van der Waals surface area contributed by atoms with Crippen LogP contribution in [0.15, 0.2) is 24.3 Å². The second-order valence-corrected chi connectivity index (χ2v) is 6.01. The summed E-state index contributed by atoms with van der Waals surface area (Å²) in [5.74, 6) is 1.93. The molecular formula is C18H22N4. The van der Waals surface area contributed by atoms with Gasteiger partial charge in [-0.1, -0.05) is 29.8 Å². The van der Waals surface area contributed by atoms with Crippen LogP contribution in [0.1, 0.15) is 51.5 Å². The van der Waals surface area contributed by atoms with Gasteiger partial charge in [-0.05, 0) is 40.2 Å². The van der Waals surface area contributed by atoms with Gasteiger partial charge >= 0.3 is 0 Å². The number of benzene rings is 1. The van der Waals surface area contributed by atoms with Crippen LogP contribution in [0.5, 0.6) is 0 Å². The molecule has 3 rings (SSSR count). The predicted octanol–water partition coefficient (Wildman–Crippen LogP) is 3.86. The van der Waals surface area contributed by atoms with Gasteiger partial charge in [0, 0.05) is 11.4 Å². The lowest BCUT2D eigenvalue weighted by molar-refractivity contribution is 0.868. The summed E-state index contributed by atoms with van der Waals surface area (Å²) in [5.41, 5.74) is 6.78. The minimum absolute atomic E-state index is 0.0514. The summed E-state index contributed by atoms with van der Waals surface area (Å²) in [4.78, 5) is 16.1. The van der Waals surface area contributed by atoms with E-state index >= 15 is 0 Å². The summed E-state index contributed by atoms with van der Waals surface area (Å²) in [7, 11) is 0. The molecule has 0 unspecified atom stereocenters. The normalized spacial score (nSPS) is 11.4. The Morgan fingerprint density at radius 1 is 0.727 bits per heavy atom. The monoisotopic (exact) mass is 294 g/mol. The largest absolute Gasteiger partial charge is 0.346 e. The van der Waals surface area contributed by atoms with E-state index in [9.17, 15) is 0 Å². The van der Waals surface area contributed by atoms with Crippen LogP contribution >= 0.6 is 0 Å². The Morgan fingerprint density at radius 3 is 1.55 bits per heavy atom. The highest BCUT2D eigenvalue weighted by atomic mass is 15.0. The molecule has 0 saturated heterocycles. The molecule has 0 amide bonds. The van der Waals surface area contributed by atoms with Crippen molar-refractivity contribution in [2.75, 3.05) is 0 Å². The lowest BCUT2D eigenvalue weighted by Crippen LogP contribution is -2.08. The van der Waals surface area contributed by atoms with E-state index in [0.29, 0.717) is 0 Å². The van der Waals surface area contributed by atoms with Crippen LogP contribution in [-0.2, 0) is 0 Å². The third kappa shape index (κ3) is 2.56. The summed E-state index contributed by atoms with van der Waals surface area (Å²) in [6.07, 6.45) is 0. The summed E-state index contributed by atoms with van der Waals surface area (Å²) in [6.45, 7) is 10.2. The van der Waals surface area contributed by atoms with Crippen molar-refractivity contribution in [2.24, 2.45) is 0 Å². The maximum atomic E-state index is 4.73. The van der Waals surface area contributed by atoms with Gasteiger partial charge in [-0.3, -0.25) is 0 Å². The minimum atomic E-state index is 0.0514. The van der Waals surface area contributed by atoms with Gasteiger partial charge in [-0.2, -0.15) is 0 Å². The van der Waals surface area contributed by atoms with E-state index in [2.05, 4.69) is 55.0 Å². The van der Waals surface area contributed by atoms with Crippen molar-refractivity contribution >= 4 is 0 Å². The molecule has 0 aliphatic rings. The minimum Gasteiger partial charge on any atom is -0.346 e. The molecule has 2 aromatic heterocycles. The van der Waals surface area contributed by atoms with Gasteiger partial charge in [-0.25, -0.2) is 9.97 Å². The number of imidazole rings is 2. The molecule has 4 nitrogen and oxygen atoms in total. The van der Waals surface area contributed by atoms with Crippen molar-refractivity contribution in [3.05, 3.63) is 69.8 Å². The molecule has 0 aliphatic heterocycles. The van der Waals surface area contributed by atoms with Crippen molar-refractivity contribution in [2.45, 2.75) is 40.5 Å². The number of nitrogens with zero attached hydrogens (tertiary/aromatic N) is 2. The fourth-order valence-electron chi connectivity index (χ4n) is 3.02. The first-order chi connectivity index (χ1) is 10.5. The lowest BCUT2D eigenvalue weighted by atomic mass is 9.90. The summed E-state index contributed by atoms with van der Waals surface area (Å²) in [6, 6.07) is 8.64. The van der Waals surface area contributed by atoms with E-state index in [1.165, 1.54) is 11.1 Å². The Morgan fingerprint density at radius 2 is 1.18 bits per heavy atom. The third-order valence-electron chi connectivity index (χ3n) is 4.04. The molecule has 0 atom stereocenters. The molecule has 0 fully saturated rings. The average Bonchev–Trinajstić information content (AvgIpc) is 2.95. The van der Waals surface area contributed by atoms with E-state index in [0.717, 1.165) is 34.4 Å². The molecule has 3 aromatic rings. The van der Waals surface area contributed by atoms with E-state index in [1.54, 1.807) is 0 Å². The number of nitrogens with one attached hydrogen (secondary N) is 2. The van der Waals surface area contributed by atoms with Gasteiger partial charge in [0.2, 0.25) is 0 Å². The molecule has 0 aliphatic carbocycles. The second kappa shape index (κ2) is 5.44. The standard InChI is InChI=1S/C18H22N4/c1-10-6-8-15(9-7-10)16(17-11(2)19-13(4)21-17)18-12(3)20-14(5)22-18/h6-9,16H,1-5H3,(H,19,21)(H,20,22). The van der Waals surface area contributed by atoms with Crippen molar-refractivity contribution in [1.29, 1.82) is 0 Å². The molecule has 0 radical (unpaired) electrons. The van der Waals surface area contributed by atoms with Crippen LogP contribution in [0, 0.1) is 34.6 Å². The average molecular weight is 294 g/mol. The Kier molecular flexibility index (Phi) is 3.61. The molecule has 2 heterocycles. The van der Waals surface area contributed by atoms with E-state index < -0.39 is 0 Å². The summed E-state index contributed by atoms with van der Waals surface area (Å²) < 4.78 is 0. The first-order valence-electron chi connectivity index (χ1n) is 7.58. The van der Waals surface area contributed by atoms with Crippen LogP contribution < -0.4 is 0 Å². The first-order valence-corrected chi connectivity index (χ1v) is 7.58. The Hall–Kier alpha value is -2.36. The molecule has 0 saturated carbocycles. The van der Waals surface area contributed by atoms with Crippen molar-refractivity contribution < 1.29 is 0 Å². The van der Waals surface area contributed by atoms with Gasteiger partial charge in [0.15, 0.2) is 0 Å². The molecule has 114 valence electrons. The highest BCUT2D eigenvalue weighted by Crippen LogP contribution is 2.33. The summed E-state index contributed by atoms with van der Waals surface area (Å²) in [5, 5.41) is 0.